The fraction of sp³-hybridized carbons (Fsp3) is 0.600. The first kappa shape index (κ1) is 12.0. The highest BCUT2D eigenvalue weighted by Gasteiger charge is 2.18. The Hall–Kier alpha value is -1.03. The number of nitrogen functional groups attached to an aromatic ring is 1. The number of aryl methyl sites for hydroxylation is 1. The molecule has 15 heavy (non-hydrogen) atoms. The zero-order valence-electron chi connectivity index (χ0n) is 9.56. The quantitative estimate of drug-likeness (QED) is 0.781. The van der Waals surface area contributed by atoms with E-state index in [1.165, 1.54) is 0 Å². The van der Waals surface area contributed by atoms with Crippen molar-refractivity contribution in [3.63, 3.8) is 0 Å². The van der Waals surface area contributed by atoms with Crippen molar-refractivity contribution in [2.24, 2.45) is 0 Å². The van der Waals surface area contributed by atoms with Crippen LogP contribution in [0.5, 0.6) is 0 Å². The Balaban J connectivity index is 3.05. The summed E-state index contributed by atoms with van der Waals surface area (Å²) in [6.07, 6.45) is 0.965. The molecule has 84 valence electrons. The molecule has 0 fully saturated rings. The summed E-state index contributed by atoms with van der Waals surface area (Å²) >= 11 is 5.78. The highest BCUT2D eigenvalue weighted by Crippen LogP contribution is 2.24. The highest BCUT2D eigenvalue weighted by atomic mass is 35.5. The van der Waals surface area contributed by atoms with E-state index in [2.05, 4.69) is 36.1 Å². The van der Waals surface area contributed by atoms with E-state index in [4.69, 9.17) is 17.3 Å². The van der Waals surface area contributed by atoms with Crippen LogP contribution in [0.3, 0.4) is 0 Å². The third kappa shape index (κ3) is 2.96. The molecular weight excluding hydrogens is 212 g/mol. The first-order chi connectivity index (χ1) is 6.85. The Morgan fingerprint density at radius 3 is 2.53 bits per heavy atom. The van der Waals surface area contributed by atoms with Gasteiger partial charge in [0, 0.05) is 5.54 Å². The van der Waals surface area contributed by atoms with Gasteiger partial charge in [-0.2, -0.15) is 4.98 Å². The molecular formula is C10H17ClN4. The lowest BCUT2D eigenvalue weighted by Crippen LogP contribution is -2.30. The first-order valence-electron chi connectivity index (χ1n) is 4.93. The molecule has 0 aliphatic carbocycles. The van der Waals surface area contributed by atoms with Gasteiger partial charge in [0.15, 0.2) is 5.82 Å². The van der Waals surface area contributed by atoms with Crippen molar-refractivity contribution in [2.45, 2.75) is 39.7 Å². The first-order valence-corrected chi connectivity index (χ1v) is 5.31. The van der Waals surface area contributed by atoms with Crippen molar-refractivity contribution >= 4 is 23.1 Å². The zero-order chi connectivity index (χ0) is 11.6. The summed E-state index contributed by atoms with van der Waals surface area (Å²) in [5.74, 6) is 0.611. The third-order valence-corrected chi connectivity index (χ3v) is 2.62. The summed E-state index contributed by atoms with van der Waals surface area (Å²) in [5, 5.41) is 3.48. The van der Waals surface area contributed by atoms with E-state index < -0.39 is 0 Å². The molecule has 4 nitrogen and oxygen atoms in total. The maximum Gasteiger partial charge on any atom is 0.224 e. The van der Waals surface area contributed by atoms with Crippen molar-refractivity contribution in [2.75, 3.05) is 11.1 Å². The summed E-state index contributed by atoms with van der Waals surface area (Å²) in [5.41, 5.74) is 7.06. The molecule has 0 atom stereocenters. The number of nitrogens with two attached hydrogens (primary N) is 1. The van der Waals surface area contributed by atoms with E-state index in [9.17, 15) is 0 Å². The molecule has 1 rings (SSSR count). The van der Waals surface area contributed by atoms with Crippen LogP contribution in [0.1, 0.15) is 32.9 Å². The predicted molar refractivity (Wildman–Crippen MR) is 64.2 cm³/mol. The van der Waals surface area contributed by atoms with Crippen LogP contribution in [-0.4, -0.2) is 15.5 Å². The Bertz CT molecular complexity index is 363. The number of hydrogen-bond acceptors (Lipinski definition) is 4. The number of anilines is 2. The van der Waals surface area contributed by atoms with Gasteiger partial charge in [0.25, 0.3) is 0 Å². The molecule has 0 aliphatic heterocycles. The summed E-state index contributed by atoms with van der Waals surface area (Å²) in [4.78, 5) is 8.06. The van der Waals surface area contributed by atoms with Crippen molar-refractivity contribution in [3.05, 3.63) is 11.0 Å². The maximum absolute atomic E-state index is 5.87. The van der Waals surface area contributed by atoms with E-state index in [0.717, 1.165) is 6.42 Å². The number of hydrogen-bond donors (Lipinski definition) is 2. The maximum atomic E-state index is 5.87. The molecule has 0 saturated carbocycles. The second-order valence-corrected chi connectivity index (χ2v) is 4.54. The molecule has 3 N–H and O–H groups in total. The third-order valence-electron chi connectivity index (χ3n) is 2.45. The predicted octanol–water partition coefficient (Wildman–Crippen LogP) is 2.62. The van der Waals surface area contributed by atoms with E-state index in [0.29, 0.717) is 17.2 Å². The average Bonchev–Trinajstić information content (AvgIpc) is 2.13. The van der Waals surface area contributed by atoms with Gasteiger partial charge >= 0.3 is 0 Å². The number of nitrogens with one attached hydrogen (secondary N) is 1. The van der Waals surface area contributed by atoms with Gasteiger partial charge in [-0.05, 0) is 38.8 Å². The SMILES string of the molecule is CCC(C)(C)Nc1nc(Cl)nc(C)c1N. The fourth-order valence-corrected chi connectivity index (χ4v) is 1.26. The van der Waals surface area contributed by atoms with Crippen LogP contribution < -0.4 is 11.1 Å². The van der Waals surface area contributed by atoms with Crippen molar-refractivity contribution in [1.29, 1.82) is 0 Å². The lowest BCUT2D eigenvalue weighted by atomic mass is 10.0. The Morgan fingerprint density at radius 2 is 2.00 bits per heavy atom. The fourth-order valence-electron chi connectivity index (χ4n) is 1.05. The topological polar surface area (TPSA) is 63.8 Å². The standard InChI is InChI=1S/C10H17ClN4/c1-5-10(3,4)15-8-7(12)6(2)13-9(11)14-8/h5,12H2,1-4H3,(H,13,14,15). The van der Waals surface area contributed by atoms with Crippen molar-refractivity contribution < 1.29 is 0 Å². The molecule has 0 bridgehead atoms. The molecule has 0 amide bonds. The molecule has 1 aromatic rings. The lowest BCUT2D eigenvalue weighted by Gasteiger charge is -2.26. The normalized spacial score (nSPS) is 11.5. The van der Waals surface area contributed by atoms with Crippen molar-refractivity contribution in [1.82, 2.24) is 9.97 Å². The highest BCUT2D eigenvalue weighted by molar-refractivity contribution is 6.28. The van der Waals surface area contributed by atoms with Gasteiger partial charge in [0.05, 0.1) is 11.4 Å². The average molecular weight is 229 g/mol. The summed E-state index contributed by atoms with van der Waals surface area (Å²) in [7, 11) is 0. The number of rotatable bonds is 3. The number of halogens is 1. The molecule has 1 heterocycles. The van der Waals surface area contributed by atoms with E-state index >= 15 is 0 Å². The minimum atomic E-state index is -0.0573. The van der Waals surface area contributed by atoms with E-state index in [-0.39, 0.29) is 10.8 Å². The van der Waals surface area contributed by atoms with Gasteiger partial charge in [-0.1, -0.05) is 6.92 Å². The van der Waals surface area contributed by atoms with Gasteiger partial charge in [-0.15, -0.1) is 0 Å². The van der Waals surface area contributed by atoms with Gasteiger partial charge in [0.1, 0.15) is 0 Å². The van der Waals surface area contributed by atoms with Crippen LogP contribution in [0.15, 0.2) is 0 Å². The lowest BCUT2D eigenvalue weighted by molar-refractivity contribution is 0.545. The Kier molecular flexibility index (Phi) is 3.39. The van der Waals surface area contributed by atoms with Gasteiger partial charge in [-0.25, -0.2) is 4.98 Å². The van der Waals surface area contributed by atoms with Crippen LogP contribution >= 0.6 is 11.6 Å². The van der Waals surface area contributed by atoms with Gasteiger partial charge in [-0.3, -0.25) is 0 Å². The molecule has 0 aliphatic rings. The summed E-state index contributed by atoms with van der Waals surface area (Å²) in [6.45, 7) is 8.07. The van der Waals surface area contributed by atoms with Gasteiger partial charge in [0.2, 0.25) is 5.28 Å². The second kappa shape index (κ2) is 4.23. The van der Waals surface area contributed by atoms with Gasteiger partial charge < -0.3 is 11.1 Å². The Morgan fingerprint density at radius 1 is 1.40 bits per heavy atom. The smallest absolute Gasteiger partial charge is 0.224 e. The van der Waals surface area contributed by atoms with E-state index in [1.807, 2.05) is 6.92 Å². The minimum absolute atomic E-state index is 0.0573. The molecule has 1 aromatic heterocycles. The molecule has 0 unspecified atom stereocenters. The van der Waals surface area contributed by atoms with Crippen LogP contribution in [0, 0.1) is 6.92 Å². The summed E-state index contributed by atoms with van der Waals surface area (Å²) < 4.78 is 0. The van der Waals surface area contributed by atoms with Crippen LogP contribution in [0.25, 0.3) is 0 Å². The molecule has 0 radical (unpaired) electrons. The van der Waals surface area contributed by atoms with Crippen molar-refractivity contribution in [3.8, 4) is 0 Å². The molecule has 0 spiro atoms. The second-order valence-electron chi connectivity index (χ2n) is 4.20. The summed E-state index contributed by atoms with van der Waals surface area (Å²) in [6, 6.07) is 0. The monoisotopic (exact) mass is 228 g/mol. The molecule has 5 heteroatoms. The zero-order valence-corrected chi connectivity index (χ0v) is 10.3. The molecule has 0 saturated heterocycles. The van der Waals surface area contributed by atoms with Crippen LogP contribution in [-0.2, 0) is 0 Å². The van der Waals surface area contributed by atoms with Crippen LogP contribution in [0.2, 0.25) is 5.28 Å². The molecule has 0 aromatic carbocycles. The van der Waals surface area contributed by atoms with Crippen LogP contribution in [0.4, 0.5) is 11.5 Å². The number of aromatic nitrogens is 2. The largest absolute Gasteiger partial charge is 0.394 e. The Labute approximate surface area is 95.3 Å². The van der Waals surface area contributed by atoms with E-state index in [1.54, 1.807) is 0 Å². The number of nitrogens with zero attached hydrogens (tertiary/aromatic N) is 2. The minimum Gasteiger partial charge on any atom is -0.394 e.